The van der Waals surface area contributed by atoms with Gasteiger partial charge in [-0.15, -0.1) is 0 Å². The van der Waals surface area contributed by atoms with Gasteiger partial charge in [0, 0.05) is 18.8 Å². The minimum absolute atomic E-state index is 0.161. The number of ether oxygens (including phenoxy) is 1. The number of hydrogen-bond acceptors (Lipinski definition) is 4. The van der Waals surface area contributed by atoms with Gasteiger partial charge in [0.25, 0.3) is 0 Å². The minimum atomic E-state index is -0.896. The number of nitrogens with one attached hydrogen (secondary N) is 3. The van der Waals surface area contributed by atoms with Gasteiger partial charge in [-0.05, 0) is 24.3 Å². The number of nitrogens with zero attached hydrogens (tertiary/aromatic N) is 1. The Kier molecular flexibility index (Phi) is 6.11. The highest BCUT2D eigenvalue weighted by Gasteiger charge is 2.35. The molecule has 0 aromatic heterocycles. The van der Waals surface area contributed by atoms with Crippen molar-refractivity contribution in [1.29, 1.82) is 0 Å². The number of urea groups is 1. The molecule has 0 saturated carbocycles. The predicted molar refractivity (Wildman–Crippen MR) is 105 cm³/mol. The van der Waals surface area contributed by atoms with Crippen LogP contribution in [0.5, 0.6) is 5.75 Å². The molecule has 1 heterocycles. The zero-order chi connectivity index (χ0) is 19.9. The van der Waals surface area contributed by atoms with Gasteiger partial charge in [0.05, 0.1) is 19.2 Å². The summed E-state index contributed by atoms with van der Waals surface area (Å²) in [5, 5.41) is 8.20. The Morgan fingerprint density at radius 1 is 1.11 bits per heavy atom. The molecule has 8 heteroatoms. The predicted octanol–water partition coefficient (Wildman–Crippen LogP) is 2.06. The van der Waals surface area contributed by atoms with Crippen LogP contribution in [0.25, 0.3) is 0 Å². The van der Waals surface area contributed by atoms with Gasteiger partial charge >= 0.3 is 6.03 Å². The lowest BCUT2D eigenvalue weighted by molar-refractivity contribution is -0.130. The first kappa shape index (κ1) is 19.2. The second-order valence-electron chi connectivity index (χ2n) is 6.25. The Labute approximate surface area is 162 Å². The molecule has 1 fully saturated rings. The van der Waals surface area contributed by atoms with Gasteiger partial charge in [0.15, 0.2) is 0 Å². The SMILES string of the molecule is COc1ccccc1NC(=O)C[C@H]1C(=O)NCCN1C(=O)Nc1ccccc1. The highest BCUT2D eigenvalue weighted by molar-refractivity contribution is 5.99. The number of carbonyl (C=O) groups is 3. The van der Waals surface area contributed by atoms with Crippen molar-refractivity contribution in [2.45, 2.75) is 12.5 Å². The molecule has 1 aliphatic rings. The van der Waals surface area contributed by atoms with E-state index in [2.05, 4.69) is 16.0 Å². The zero-order valence-corrected chi connectivity index (χ0v) is 15.5. The first-order chi connectivity index (χ1) is 13.6. The van der Waals surface area contributed by atoms with Crippen molar-refractivity contribution < 1.29 is 19.1 Å². The van der Waals surface area contributed by atoms with Crippen LogP contribution in [0.1, 0.15) is 6.42 Å². The van der Waals surface area contributed by atoms with Gasteiger partial charge in [-0.2, -0.15) is 0 Å². The fourth-order valence-electron chi connectivity index (χ4n) is 3.00. The summed E-state index contributed by atoms with van der Waals surface area (Å²) in [5.41, 5.74) is 1.13. The summed E-state index contributed by atoms with van der Waals surface area (Å²) in [7, 11) is 1.51. The minimum Gasteiger partial charge on any atom is -0.495 e. The normalized spacial score (nSPS) is 16.1. The standard InChI is InChI=1S/C20H22N4O4/c1-28-17-10-6-5-9-15(17)23-18(25)13-16-19(26)21-11-12-24(16)20(27)22-14-7-3-2-4-8-14/h2-10,16H,11-13H2,1H3,(H,21,26)(H,22,27)(H,23,25)/t16-/m0/s1. The number of piperazine rings is 1. The molecule has 2 aromatic carbocycles. The molecule has 1 atom stereocenters. The summed E-state index contributed by atoms with van der Waals surface area (Å²) < 4.78 is 5.21. The molecule has 0 bridgehead atoms. The molecule has 2 aromatic rings. The number of para-hydroxylation sites is 3. The summed E-state index contributed by atoms with van der Waals surface area (Å²) in [6, 6.07) is 14.6. The maximum atomic E-state index is 12.6. The van der Waals surface area contributed by atoms with E-state index in [9.17, 15) is 14.4 Å². The van der Waals surface area contributed by atoms with E-state index in [1.165, 1.54) is 12.0 Å². The average molecular weight is 382 g/mol. The van der Waals surface area contributed by atoms with Crippen LogP contribution < -0.4 is 20.7 Å². The molecule has 0 radical (unpaired) electrons. The quantitative estimate of drug-likeness (QED) is 0.737. The van der Waals surface area contributed by atoms with E-state index in [1.54, 1.807) is 48.5 Å². The van der Waals surface area contributed by atoms with Gasteiger partial charge in [0.1, 0.15) is 11.8 Å². The third-order valence-electron chi connectivity index (χ3n) is 4.38. The van der Waals surface area contributed by atoms with Crippen LogP contribution >= 0.6 is 0 Å². The first-order valence-corrected chi connectivity index (χ1v) is 8.91. The van der Waals surface area contributed by atoms with E-state index < -0.39 is 12.1 Å². The molecule has 146 valence electrons. The molecule has 0 unspecified atom stereocenters. The number of methoxy groups -OCH3 is 1. The van der Waals surface area contributed by atoms with Crippen LogP contribution in [0.15, 0.2) is 54.6 Å². The largest absolute Gasteiger partial charge is 0.495 e. The summed E-state index contributed by atoms with van der Waals surface area (Å²) in [4.78, 5) is 38.9. The molecule has 28 heavy (non-hydrogen) atoms. The zero-order valence-electron chi connectivity index (χ0n) is 15.5. The van der Waals surface area contributed by atoms with Crippen molar-refractivity contribution in [2.75, 3.05) is 30.8 Å². The van der Waals surface area contributed by atoms with Crippen molar-refractivity contribution in [3.05, 3.63) is 54.6 Å². The van der Waals surface area contributed by atoms with Gasteiger partial charge in [0.2, 0.25) is 11.8 Å². The second-order valence-corrected chi connectivity index (χ2v) is 6.25. The molecular formula is C20H22N4O4. The second kappa shape index (κ2) is 8.90. The van der Waals surface area contributed by atoms with Gasteiger partial charge in [-0.3, -0.25) is 9.59 Å². The molecule has 4 amide bonds. The summed E-state index contributed by atoms with van der Waals surface area (Å²) >= 11 is 0. The lowest BCUT2D eigenvalue weighted by Crippen LogP contribution is -2.59. The van der Waals surface area contributed by atoms with Crippen LogP contribution in [-0.4, -0.2) is 49.0 Å². The molecular weight excluding hydrogens is 360 g/mol. The molecule has 1 saturated heterocycles. The Balaban J connectivity index is 1.69. The van der Waals surface area contributed by atoms with Crippen LogP contribution in [0.2, 0.25) is 0 Å². The lowest BCUT2D eigenvalue weighted by atomic mass is 10.1. The summed E-state index contributed by atoms with van der Waals surface area (Å²) in [6.45, 7) is 0.655. The van der Waals surface area contributed by atoms with E-state index >= 15 is 0 Å². The van der Waals surface area contributed by atoms with Crippen molar-refractivity contribution in [1.82, 2.24) is 10.2 Å². The number of hydrogen-bond donors (Lipinski definition) is 3. The summed E-state index contributed by atoms with van der Waals surface area (Å²) in [5.74, 6) is -0.226. The third kappa shape index (κ3) is 4.59. The Morgan fingerprint density at radius 3 is 2.57 bits per heavy atom. The van der Waals surface area contributed by atoms with Gasteiger partial charge in [-0.1, -0.05) is 30.3 Å². The van der Waals surface area contributed by atoms with Crippen LogP contribution in [0, 0.1) is 0 Å². The van der Waals surface area contributed by atoms with E-state index in [0.717, 1.165) is 0 Å². The Hall–Kier alpha value is -3.55. The Bertz CT molecular complexity index is 856. The number of benzene rings is 2. The number of carbonyl (C=O) groups excluding carboxylic acids is 3. The fourth-order valence-corrected chi connectivity index (χ4v) is 3.00. The van der Waals surface area contributed by atoms with Crippen molar-refractivity contribution in [2.24, 2.45) is 0 Å². The van der Waals surface area contributed by atoms with Crippen LogP contribution in [0.3, 0.4) is 0 Å². The highest BCUT2D eigenvalue weighted by Crippen LogP contribution is 2.23. The van der Waals surface area contributed by atoms with E-state index in [4.69, 9.17) is 4.74 Å². The summed E-state index contributed by atoms with van der Waals surface area (Å²) in [6.07, 6.45) is -0.161. The average Bonchev–Trinajstić information content (AvgIpc) is 2.70. The number of rotatable bonds is 5. The molecule has 3 rings (SSSR count). The third-order valence-corrected chi connectivity index (χ3v) is 4.38. The van der Waals surface area contributed by atoms with E-state index in [-0.39, 0.29) is 18.2 Å². The van der Waals surface area contributed by atoms with Crippen molar-refractivity contribution in [3.63, 3.8) is 0 Å². The van der Waals surface area contributed by atoms with Crippen molar-refractivity contribution in [3.8, 4) is 5.75 Å². The number of anilines is 2. The topological polar surface area (TPSA) is 99.8 Å². The monoisotopic (exact) mass is 382 g/mol. The molecule has 8 nitrogen and oxygen atoms in total. The molecule has 0 spiro atoms. The van der Waals surface area contributed by atoms with Crippen LogP contribution in [-0.2, 0) is 9.59 Å². The highest BCUT2D eigenvalue weighted by atomic mass is 16.5. The Morgan fingerprint density at radius 2 is 1.82 bits per heavy atom. The van der Waals surface area contributed by atoms with Crippen molar-refractivity contribution >= 4 is 29.2 Å². The van der Waals surface area contributed by atoms with Crippen LogP contribution in [0.4, 0.5) is 16.2 Å². The van der Waals surface area contributed by atoms with Gasteiger partial charge in [-0.25, -0.2) is 4.79 Å². The lowest BCUT2D eigenvalue weighted by Gasteiger charge is -2.34. The van der Waals surface area contributed by atoms with E-state index in [0.29, 0.717) is 30.2 Å². The number of amides is 4. The first-order valence-electron chi connectivity index (χ1n) is 8.91. The molecule has 0 aliphatic carbocycles. The maximum Gasteiger partial charge on any atom is 0.322 e. The van der Waals surface area contributed by atoms with E-state index in [1.807, 2.05) is 6.07 Å². The molecule has 3 N–H and O–H groups in total. The smallest absolute Gasteiger partial charge is 0.322 e. The fraction of sp³-hybridized carbons (Fsp3) is 0.250. The maximum absolute atomic E-state index is 12.6. The molecule has 1 aliphatic heterocycles. The van der Waals surface area contributed by atoms with Gasteiger partial charge < -0.3 is 25.6 Å².